The van der Waals surface area contributed by atoms with Gasteiger partial charge in [0.25, 0.3) is 8.38 Å². The molecular weight excluding hydrogens is 303 g/mol. The Balaban J connectivity index is 2.30. The van der Waals surface area contributed by atoms with Crippen LogP contribution in [0, 0.1) is 41.5 Å². The molecule has 0 aromatic heterocycles. The van der Waals surface area contributed by atoms with E-state index in [1.807, 2.05) is 6.66 Å². The van der Waals surface area contributed by atoms with E-state index in [0.717, 1.165) is 17.9 Å². The lowest BCUT2D eigenvalue weighted by atomic mass is 9.89. The molecule has 0 aliphatic carbocycles. The van der Waals surface area contributed by atoms with Gasteiger partial charge in [-0.1, -0.05) is 12.1 Å². The first kappa shape index (κ1) is 16.3. The van der Waals surface area contributed by atoms with Gasteiger partial charge in [0.2, 0.25) is 0 Å². The zero-order chi connectivity index (χ0) is 16.9. The fraction of sp³-hybridized carbons (Fsp3) is 0.400. The Morgan fingerprint density at radius 1 is 0.696 bits per heavy atom. The van der Waals surface area contributed by atoms with Crippen molar-refractivity contribution >= 4 is 8.38 Å². The summed E-state index contributed by atoms with van der Waals surface area (Å²) in [7, 11) is -0.985. The smallest absolute Gasteiger partial charge is 0.287 e. The highest BCUT2D eigenvalue weighted by Gasteiger charge is 2.25. The van der Waals surface area contributed by atoms with Crippen molar-refractivity contribution in [2.75, 3.05) is 6.66 Å². The Kier molecular flexibility index (Phi) is 4.14. The lowest BCUT2D eigenvalue weighted by Crippen LogP contribution is -2.10. The van der Waals surface area contributed by atoms with Gasteiger partial charge in [0.15, 0.2) is 0 Å². The van der Waals surface area contributed by atoms with E-state index in [2.05, 4.69) is 53.7 Å². The third-order valence-corrected chi connectivity index (χ3v) is 5.89. The number of rotatable bonds is 0. The topological polar surface area (TPSA) is 18.5 Å². The Morgan fingerprint density at radius 2 is 1.09 bits per heavy atom. The van der Waals surface area contributed by atoms with Crippen molar-refractivity contribution in [3.8, 4) is 11.5 Å². The number of benzene rings is 2. The highest BCUT2D eigenvalue weighted by molar-refractivity contribution is 7.47. The maximum absolute atomic E-state index is 6.23. The first-order valence-electron chi connectivity index (χ1n) is 8.08. The van der Waals surface area contributed by atoms with Crippen LogP contribution in [0.4, 0.5) is 0 Å². The molecule has 122 valence electrons. The van der Waals surface area contributed by atoms with Crippen molar-refractivity contribution < 1.29 is 9.05 Å². The molecule has 3 rings (SSSR count). The van der Waals surface area contributed by atoms with Crippen LogP contribution in [0.25, 0.3) is 0 Å². The van der Waals surface area contributed by atoms with E-state index in [9.17, 15) is 0 Å². The van der Waals surface area contributed by atoms with Gasteiger partial charge in [-0.2, -0.15) is 0 Å². The summed E-state index contributed by atoms with van der Waals surface area (Å²) < 4.78 is 12.5. The van der Waals surface area contributed by atoms with E-state index in [1.54, 1.807) is 0 Å². The maximum Gasteiger partial charge on any atom is 0.287 e. The van der Waals surface area contributed by atoms with Crippen LogP contribution in [0.15, 0.2) is 12.1 Å². The van der Waals surface area contributed by atoms with Crippen molar-refractivity contribution in [3.63, 3.8) is 0 Å². The minimum Gasteiger partial charge on any atom is -0.438 e. The highest BCUT2D eigenvalue weighted by Crippen LogP contribution is 2.47. The number of aryl methyl sites for hydroxylation is 4. The van der Waals surface area contributed by atoms with Gasteiger partial charge in [-0.25, -0.2) is 0 Å². The second-order valence-corrected chi connectivity index (χ2v) is 7.93. The summed E-state index contributed by atoms with van der Waals surface area (Å²) in [6.45, 7) is 15.1. The van der Waals surface area contributed by atoms with Crippen molar-refractivity contribution in [2.45, 2.75) is 48.0 Å². The zero-order valence-corrected chi connectivity index (χ0v) is 16.0. The second kappa shape index (κ2) is 5.83. The van der Waals surface area contributed by atoms with Crippen molar-refractivity contribution in [3.05, 3.63) is 56.6 Å². The first-order chi connectivity index (χ1) is 10.8. The Morgan fingerprint density at radius 3 is 1.48 bits per heavy atom. The van der Waals surface area contributed by atoms with Crippen LogP contribution in [0.3, 0.4) is 0 Å². The SMILES string of the molecule is Cc1cc(C)c2c(c1C)Cc1c(C)c(C)cc(C)c1OP(C)O2. The van der Waals surface area contributed by atoms with Crippen molar-refractivity contribution in [1.29, 1.82) is 0 Å². The summed E-state index contributed by atoms with van der Waals surface area (Å²) in [5, 5.41) is 0. The van der Waals surface area contributed by atoms with Gasteiger partial charge in [0.1, 0.15) is 11.5 Å². The van der Waals surface area contributed by atoms with Crippen LogP contribution in [0.1, 0.15) is 44.5 Å². The monoisotopic (exact) mass is 328 g/mol. The van der Waals surface area contributed by atoms with Crippen LogP contribution in [-0.2, 0) is 6.42 Å². The summed E-state index contributed by atoms with van der Waals surface area (Å²) in [5.41, 5.74) is 10.4. The molecule has 2 nitrogen and oxygen atoms in total. The van der Waals surface area contributed by atoms with Crippen LogP contribution >= 0.6 is 8.38 Å². The van der Waals surface area contributed by atoms with E-state index in [1.165, 1.54) is 44.5 Å². The van der Waals surface area contributed by atoms with Gasteiger partial charge < -0.3 is 9.05 Å². The number of hydrogen-bond acceptors (Lipinski definition) is 2. The van der Waals surface area contributed by atoms with Gasteiger partial charge in [-0.05, 0) is 74.9 Å². The van der Waals surface area contributed by atoms with Crippen LogP contribution in [-0.4, -0.2) is 6.66 Å². The van der Waals surface area contributed by atoms with E-state index < -0.39 is 8.38 Å². The largest absolute Gasteiger partial charge is 0.438 e. The summed E-state index contributed by atoms with van der Waals surface area (Å²) in [6.07, 6.45) is 0.872. The van der Waals surface area contributed by atoms with Gasteiger partial charge in [0.05, 0.1) is 0 Å². The Labute approximate surface area is 140 Å². The highest BCUT2D eigenvalue weighted by atomic mass is 31.2. The Hall–Kier alpha value is -1.53. The van der Waals surface area contributed by atoms with Gasteiger partial charge in [0, 0.05) is 24.2 Å². The molecule has 0 amide bonds. The molecule has 0 saturated heterocycles. The minimum atomic E-state index is -0.985. The molecule has 0 fully saturated rings. The van der Waals surface area contributed by atoms with Gasteiger partial charge >= 0.3 is 0 Å². The molecule has 0 saturated carbocycles. The molecule has 0 unspecified atom stereocenters. The number of hydrogen-bond donors (Lipinski definition) is 0. The van der Waals surface area contributed by atoms with Gasteiger partial charge in [-0.15, -0.1) is 0 Å². The second-order valence-electron chi connectivity index (χ2n) is 6.69. The third kappa shape index (κ3) is 2.74. The summed E-state index contributed by atoms with van der Waals surface area (Å²) in [4.78, 5) is 0. The minimum absolute atomic E-state index is 0.872. The summed E-state index contributed by atoms with van der Waals surface area (Å²) in [5.74, 6) is 2.04. The average molecular weight is 328 g/mol. The number of fused-ring (bicyclic) bond motifs is 2. The standard InChI is InChI=1S/C20H25O2P/c1-11-8-13(3)19-17(15(11)5)10-18-16(6)12(2)9-14(4)20(18)22-23(7)21-19/h8-9H,10H2,1-7H3. The van der Waals surface area contributed by atoms with Crippen molar-refractivity contribution in [1.82, 2.24) is 0 Å². The fourth-order valence-electron chi connectivity index (χ4n) is 3.42. The summed E-state index contributed by atoms with van der Waals surface area (Å²) in [6, 6.07) is 4.43. The molecule has 0 atom stereocenters. The van der Waals surface area contributed by atoms with Crippen LogP contribution in [0.5, 0.6) is 11.5 Å². The molecule has 0 radical (unpaired) electrons. The third-order valence-electron chi connectivity index (χ3n) is 5.01. The molecule has 2 aromatic rings. The molecule has 2 aromatic carbocycles. The molecule has 0 spiro atoms. The molecule has 1 aliphatic rings. The fourth-order valence-corrected chi connectivity index (χ4v) is 4.48. The molecule has 0 N–H and O–H groups in total. The quantitative estimate of drug-likeness (QED) is 0.566. The zero-order valence-electron chi connectivity index (χ0n) is 15.1. The molecule has 1 heterocycles. The normalized spacial score (nSPS) is 14.2. The van der Waals surface area contributed by atoms with Crippen LogP contribution in [0.2, 0.25) is 0 Å². The maximum atomic E-state index is 6.23. The van der Waals surface area contributed by atoms with Crippen LogP contribution < -0.4 is 9.05 Å². The Bertz CT molecular complexity index is 728. The van der Waals surface area contributed by atoms with E-state index in [0.29, 0.717) is 0 Å². The lowest BCUT2D eigenvalue weighted by molar-refractivity contribution is 0.478. The molecule has 0 bridgehead atoms. The van der Waals surface area contributed by atoms with E-state index in [-0.39, 0.29) is 0 Å². The van der Waals surface area contributed by atoms with E-state index >= 15 is 0 Å². The first-order valence-corrected chi connectivity index (χ1v) is 9.71. The lowest BCUT2D eigenvalue weighted by Gasteiger charge is -2.28. The predicted octanol–water partition coefficient (Wildman–Crippen LogP) is 5.84. The van der Waals surface area contributed by atoms with E-state index in [4.69, 9.17) is 9.05 Å². The summed E-state index contributed by atoms with van der Waals surface area (Å²) >= 11 is 0. The molecule has 1 aliphatic heterocycles. The molecule has 3 heteroatoms. The predicted molar refractivity (Wildman–Crippen MR) is 98.2 cm³/mol. The van der Waals surface area contributed by atoms with Gasteiger partial charge in [-0.3, -0.25) is 0 Å². The van der Waals surface area contributed by atoms with Crippen molar-refractivity contribution in [2.24, 2.45) is 0 Å². The average Bonchev–Trinajstić information content (AvgIpc) is 2.46. The molecule has 23 heavy (non-hydrogen) atoms. The molecular formula is C20H25O2P.